The number of aldehydes is 1. The van der Waals surface area contributed by atoms with Gasteiger partial charge in [-0.1, -0.05) is 0 Å². The molecular formula is C9H7BrF3NO4S. The maximum atomic E-state index is 12.2. The van der Waals surface area contributed by atoms with E-state index < -0.39 is 21.2 Å². The predicted octanol–water partition coefficient (Wildman–Crippen LogP) is 2.53. The first-order valence-electron chi connectivity index (χ1n) is 4.54. The third-order valence-electron chi connectivity index (χ3n) is 1.99. The van der Waals surface area contributed by atoms with Crippen molar-refractivity contribution in [2.24, 2.45) is 0 Å². The van der Waals surface area contributed by atoms with Crippen LogP contribution in [0.3, 0.4) is 0 Å². The van der Waals surface area contributed by atoms with Crippen molar-refractivity contribution in [2.75, 3.05) is 11.8 Å². The van der Waals surface area contributed by atoms with Gasteiger partial charge in [-0.05, 0) is 28.1 Å². The molecule has 1 aromatic rings. The minimum Gasteiger partial charge on any atom is -0.495 e. The van der Waals surface area contributed by atoms with Crippen LogP contribution in [0.2, 0.25) is 0 Å². The zero-order valence-corrected chi connectivity index (χ0v) is 11.7. The zero-order chi connectivity index (χ0) is 14.8. The molecule has 0 aliphatic heterocycles. The summed E-state index contributed by atoms with van der Waals surface area (Å²) < 4.78 is 64.9. The molecule has 0 aliphatic carbocycles. The van der Waals surface area contributed by atoms with E-state index in [0.29, 0.717) is 6.29 Å². The van der Waals surface area contributed by atoms with Gasteiger partial charge in [0.15, 0.2) is 6.29 Å². The number of anilines is 1. The van der Waals surface area contributed by atoms with Crippen LogP contribution in [0.15, 0.2) is 16.6 Å². The Labute approximate surface area is 114 Å². The van der Waals surface area contributed by atoms with Crippen molar-refractivity contribution in [3.63, 3.8) is 0 Å². The van der Waals surface area contributed by atoms with Crippen LogP contribution in [0, 0.1) is 0 Å². The lowest BCUT2D eigenvalue weighted by molar-refractivity contribution is -0.0429. The number of halogens is 4. The fourth-order valence-electron chi connectivity index (χ4n) is 1.11. The Kier molecular flexibility index (Phi) is 4.46. The number of rotatable bonds is 4. The number of hydrogen-bond acceptors (Lipinski definition) is 4. The number of alkyl halides is 3. The Balaban J connectivity index is 3.30. The maximum absolute atomic E-state index is 12.2. The summed E-state index contributed by atoms with van der Waals surface area (Å²) in [5.41, 5.74) is -5.78. The van der Waals surface area contributed by atoms with Gasteiger partial charge in [0.05, 0.1) is 12.8 Å². The molecule has 19 heavy (non-hydrogen) atoms. The Hall–Kier alpha value is -1.29. The first-order valence-corrected chi connectivity index (χ1v) is 6.82. The second-order valence-electron chi connectivity index (χ2n) is 3.24. The minimum atomic E-state index is -5.56. The van der Waals surface area contributed by atoms with Crippen LogP contribution in [0.25, 0.3) is 0 Å². The number of ether oxygens (including phenoxy) is 1. The van der Waals surface area contributed by atoms with Gasteiger partial charge in [0.1, 0.15) is 5.75 Å². The van der Waals surface area contributed by atoms with E-state index in [0.717, 1.165) is 19.2 Å². The summed E-state index contributed by atoms with van der Waals surface area (Å²) in [5, 5.41) is 0. The molecule has 0 amide bonds. The lowest BCUT2D eigenvalue weighted by Crippen LogP contribution is -2.30. The normalized spacial score (nSPS) is 12.1. The van der Waals surface area contributed by atoms with E-state index >= 15 is 0 Å². The van der Waals surface area contributed by atoms with Crippen molar-refractivity contribution in [3.8, 4) is 5.75 Å². The SMILES string of the molecule is COc1cc(C=O)c(Br)cc1NS(=O)(=O)C(F)(F)F. The summed E-state index contributed by atoms with van der Waals surface area (Å²) in [7, 11) is -4.43. The van der Waals surface area contributed by atoms with E-state index in [2.05, 4.69) is 15.9 Å². The van der Waals surface area contributed by atoms with E-state index in [1.807, 2.05) is 0 Å². The lowest BCUT2D eigenvalue weighted by atomic mass is 10.2. The summed E-state index contributed by atoms with van der Waals surface area (Å²) in [4.78, 5) is 10.6. The quantitative estimate of drug-likeness (QED) is 0.836. The largest absolute Gasteiger partial charge is 0.516 e. The molecule has 0 atom stereocenters. The van der Waals surface area contributed by atoms with Crippen LogP contribution >= 0.6 is 15.9 Å². The maximum Gasteiger partial charge on any atom is 0.516 e. The standard InChI is InChI=1S/C9H7BrF3NO4S/c1-18-8-2-5(4-15)6(10)3-7(8)14-19(16,17)9(11,12)13/h2-4,14H,1H3. The predicted molar refractivity (Wildman–Crippen MR) is 64.7 cm³/mol. The zero-order valence-electron chi connectivity index (χ0n) is 9.29. The van der Waals surface area contributed by atoms with Gasteiger partial charge < -0.3 is 4.74 Å². The molecule has 1 aromatic carbocycles. The molecule has 106 valence electrons. The van der Waals surface area contributed by atoms with Gasteiger partial charge in [-0.15, -0.1) is 0 Å². The number of hydrogen-bond donors (Lipinski definition) is 1. The molecule has 0 spiro atoms. The monoisotopic (exact) mass is 361 g/mol. The Morgan fingerprint density at radius 2 is 1.95 bits per heavy atom. The van der Waals surface area contributed by atoms with Crippen molar-refractivity contribution >= 4 is 37.9 Å². The summed E-state index contributed by atoms with van der Waals surface area (Å²) in [6.45, 7) is 0. The molecule has 0 aliphatic rings. The highest BCUT2D eigenvalue weighted by Crippen LogP contribution is 2.34. The van der Waals surface area contributed by atoms with Crippen LogP contribution in [-0.2, 0) is 10.0 Å². The summed E-state index contributed by atoms with van der Waals surface area (Å²) in [6.07, 6.45) is 0.439. The molecule has 0 saturated carbocycles. The fraction of sp³-hybridized carbons (Fsp3) is 0.222. The average molecular weight is 362 g/mol. The second-order valence-corrected chi connectivity index (χ2v) is 5.77. The van der Waals surface area contributed by atoms with Crippen LogP contribution in [0.1, 0.15) is 10.4 Å². The molecule has 0 fully saturated rings. The molecule has 0 aromatic heterocycles. The van der Waals surface area contributed by atoms with Gasteiger partial charge in [0, 0.05) is 10.0 Å². The molecule has 0 saturated heterocycles. The van der Waals surface area contributed by atoms with E-state index in [4.69, 9.17) is 4.74 Å². The highest BCUT2D eigenvalue weighted by Gasteiger charge is 2.46. The molecule has 1 N–H and O–H groups in total. The Morgan fingerprint density at radius 3 is 2.37 bits per heavy atom. The average Bonchev–Trinajstić information content (AvgIpc) is 2.27. The van der Waals surface area contributed by atoms with Gasteiger partial charge in [-0.3, -0.25) is 9.52 Å². The van der Waals surface area contributed by atoms with Gasteiger partial charge in [-0.2, -0.15) is 21.6 Å². The smallest absolute Gasteiger partial charge is 0.495 e. The van der Waals surface area contributed by atoms with Crippen molar-refractivity contribution in [1.29, 1.82) is 0 Å². The first-order chi connectivity index (χ1) is 8.62. The highest BCUT2D eigenvalue weighted by molar-refractivity contribution is 9.10. The summed E-state index contributed by atoms with van der Waals surface area (Å²) in [6, 6.07) is 2.11. The van der Waals surface area contributed by atoms with Crippen molar-refractivity contribution in [1.82, 2.24) is 0 Å². The van der Waals surface area contributed by atoms with Crippen LogP contribution in [-0.4, -0.2) is 27.3 Å². The van der Waals surface area contributed by atoms with E-state index in [1.54, 1.807) is 0 Å². The summed E-state index contributed by atoms with van der Waals surface area (Å²) >= 11 is 2.93. The van der Waals surface area contributed by atoms with E-state index in [-0.39, 0.29) is 15.8 Å². The first kappa shape index (κ1) is 15.8. The molecular weight excluding hydrogens is 355 g/mol. The lowest BCUT2D eigenvalue weighted by Gasteiger charge is -2.14. The fourth-order valence-corrected chi connectivity index (χ4v) is 2.11. The third kappa shape index (κ3) is 3.38. The van der Waals surface area contributed by atoms with Gasteiger partial charge in [-0.25, -0.2) is 0 Å². The number of benzene rings is 1. The topological polar surface area (TPSA) is 72.5 Å². The van der Waals surface area contributed by atoms with Crippen molar-refractivity contribution in [3.05, 3.63) is 22.2 Å². The summed E-state index contributed by atoms with van der Waals surface area (Å²) in [5.74, 6) is -0.210. The second kappa shape index (κ2) is 5.37. The van der Waals surface area contributed by atoms with Crippen molar-refractivity contribution in [2.45, 2.75) is 5.51 Å². The van der Waals surface area contributed by atoms with Crippen LogP contribution < -0.4 is 9.46 Å². The Bertz CT molecular complexity index is 600. The molecule has 0 heterocycles. The molecule has 10 heteroatoms. The number of carbonyl (C=O) groups is 1. The highest BCUT2D eigenvalue weighted by atomic mass is 79.9. The van der Waals surface area contributed by atoms with Gasteiger partial charge in [0.2, 0.25) is 0 Å². The van der Waals surface area contributed by atoms with Gasteiger partial charge in [0.25, 0.3) is 0 Å². The number of nitrogens with one attached hydrogen (secondary N) is 1. The van der Waals surface area contributed by atoms with Crippen LogP contribution in [0.5, 0.6) is 5.75 Å². The van der Waals surface area contributed by atoms with Gasteiger partial charge >= 0.3 is 15.5 Å². The van der Waals surface area contributed by atoms with E-state index in [9.17, 15) is 26.4 Å². The van der Waals surface area contributed by atoms with Crippen molar-refractivity contribution < 1.29 is 31.1 Å². The Morgan fingerprint density at radius 1 is 1.37 bits per heavy atom. The molecule has 5 nitrogen and oxygen atoms in total. The minimum absolute atomic E-state index is 0.104. The molecule has 0 bridgehead atoms. The number of carbonyl (C=O) groups excluding carboxylic acids is 1. The molecule has 1 rings (SSSR count). The molecule has 0 unspecified atom stereocenters. The van der Waals surface area contributed by atoms with Crippen LogP contribution in [0.4, 0.5) is 18.9 Å². The number of sulfonamides is 1. The van der Waals surface area contributed by atoms with E-state index in [1.165, 1.54) is 4.72 Å². The molecule has 0 radical (unpaired) electrons. The number of methoxy groups -OCH3 is 1. The third-order valence-corrected chi connectivity index (χ3v) is 3.78.